The largest absolute Gasteiger partial charge is 0.508 e. The zero-order valence-corrected chi connectivity index (χ0v) is 10.1. The smallest absolute Gasteiger partial charge is 0.251 e. The molecule has 1 saturated heterocycles. The molecule has 1 aliphatic heterocycles. The first-order chi connectivity index (χ1) is 8.59. The SMILES string of the molecule is O=C(NCC1(O)CCOCC1)c1cccc(O)c1. The minimum atomic E-state index is -0.884. The van der Waals surface area contributed by atoms with Gasteiger partial charge in [-0.05, 0) is 18.2 Å². The zero-order chi connectivity index (χ0) is 13.0. The second-order valence-corrected chi connectivity index (χ2v) is 4.57. The Labute approximate surface area is 105 Å². The first-order valence-electron chi connectivity index (χ1n) is 5.96. The van der Waals surface area contributed by atoms with Crippen LogP contribution < -0.4 is 5.32 Å². The molecule has 0 spiro atoms. The highest BCUT2D eigenvalue weighted by Crippen LogP contribution is 2.19. The van der Waals surface area contributed by atoms with Gasteiger partial charge in [-0.2, -0.15) is 0 Å². The predicted octanol–water partition coefficient (Wildman–Crippen LogP) is 0.663. The summed E-state index contributed by atoms with van der Waals surface area (Å²) in [5.41, 5.74) is -0.504. The molecule has 5 heteroatoms. The van der Waals surface area contributed by atoms with E-state index in [2.05, 4.69) is 5.32 Å². The van der Waals surface area contributed by atoms with Crippen molar-refractivity contribution in [1.82, 2.24) is 5.32 Å². The number of benzene rings is 1. The number of ether oxygens (including phenoxy) is 1. The van der Waals surface area contributed by atoms with Crippen LogP contribution in [0.15, 0.2) is 24.3 Å². The van der Waals surface area contributed by atoms with Gasteiger partial charge in [0.25, 0.3) is 5.91 Å². The maximum Gasteiger partial charge on any atom is 0.251 e. The van der Waals surface area contributed by atoms with Crippen LogP contribution in [0.5, 0.6) is 5.75 Å². The third-order valence-electron chi connectivity index (χ3n) is 3.11. The van der Waals surface area contributed by atoms with Crippen LogP contribution >= 0.6 is 0 Å². The van der Waals surface area contributed by atoms with Crippen LogP contribution in [0.1, 0.15) is 23.2 Å². The summed E-state index contributed by atoms with van der Waals surface area (Å²) in [7, 11) is 0. The Morgan fingerprint density at radius 1 is 1.39 bits per heavy atom. The van der Waals surface area contributed by atoms with Gasteiger partial charge in [-0.1, -0.05) is 6.07 Å². The van der Waals surface area contributed by atoms with Gasteiger partial charge >= 0.3 is 0 Å². The first kappa shape index (κ1) is 12.9. The van der Waals surface area contributed by atoms with Crippen molar-refractivity contribution in [3.05, 3.63) is 29.8 Å². The summed E-state index contributed by atoms with van der Waals surface area (Å²) < 4.78 is 5.17. The summed E-state index contributed by atoms with van der Waals surface area (Å²) in [5.74, 6) is -0.252. The molecule has 2 rings (SSSR count). The van der Waals surface area contributed by atoms with E-state index in [1.807, 2.05) is 0 Å². The minimum Gasteiger partial charge on any atom is -0.508 e. The number of carbonyl (C=O) groups excluding carboxylic acids is 1. The number of carbonyl (C=O) groups is 1. The number of phenolic OH excluding ortho intramolecular Hbond substituents is 1. The molecule has 0 aromatic heterocycles. The van der Waals surface area contributed by atoms with Crippen LogP contribution in [0.3, 0.4) is 0 Å². The van der Waals surface area contributed by atoms with Gasteiger partial charge in [0.15, 0.2) is 0 Å². The third kappa shape index (κ3) is 3.21. The Balaban J connectivity index is 1.92. The van der Waals surface area contributed by atoms with Crippen molar-refractivity contribution in [3.8, 4) is 5.75 Å². The lowest BCUT2D eigenvalue weighted by Crippen LogP contribution is -2.46. The molecule has 1 heterocycles. The maximum atomic E-state index is 11.8. The van der Waals surface area contributed by atoms with Crippen molar-refractivity contribution in [2.45, 2.75) is 18.4 Å². The van der Waals surface area contributed by atoms with Crippen LogP contribution in [-0.2, 0) is 4.74 Å². The summed E-state index contributed by atoms with van der Waals surface area (Å²) >= 11 is 0. The molecule has 0 radical (unpaired) electrons. The summed E-state index contributed by atoms with van der Waals surface area (Å²) in [6.07, 6.45) is 1.04. The number of phenols is 1. The molecule has 0 saturated carbocycles. The molecule has 0 unspecified atom stereocenters. The van der Waals surface area contributed by atoms with E-state index >= 15 is 0 Å². The monoisotopic (exact) mass is 251 g/mol. The quantitative estimate of drug-likeness (QED) is 0.737. The van der Waals surface area contributed by atoms with Gasteiger partial charge in [-0.3, -0.25) is 4.79 Å². The summed E-state index contributed by atoms with van der Waals surface area (Å²) in [6.45, 7) is 1.22. The lowest BCUT2D eigenvalue weighted by atomic mass is 9.94. The molecule has 0 bridgehead atoms. The van der Waals surface area contributed by atoms with E-state index in [1.54, 1.807) is 12.1 Å². The van der Waals surface area contributed by atoms with Crippen LogP contribution in [0.4, 0.5) is 0 Å². The standard InChI is InChI=1S/C13H17NO4/c15-11-3-1-2-10(8-11)12(16)14-9-13(17)4-6-18-7-5-13/h1-3,8,15,17H,4-7,9H2,(H,14,16). The Bertz CT molecular complexity index is 427. The second kappa shape index (κ2) is 5.37. The third-order valence-corrected chi connectivity index (χ3v) is 3.11. The first-order valence-corrected chi connectivity index (χ1v) is 5.96. The molecule has 0 atom stereocenters. The van der Waals surface area contributed by atoms with Crippen molar-refractivity contribution in [2.75, 3.05) is 19.8 Å². The lowest BCUT2D eigenvalue weighted by Gasteiger charge is -2.32. The molecule has 3 N–H and O–H groups in total. The summed E-state index contributed by atoms with van der Waals surface area (Å²) in [6, 6.07) is 6.11. The fourth-order valence-corrected chi connectivity index (χ4v) is 1.92. The van der Waals surface area contributed by atoms with Gasteiger partial charge in [-0.15, -0.1) is 0 Å². The van der Waals surface area contributed by atoms with Gasteiger partial charge in [-0.25, -0.2) is 0 Å². The van der Waals surface area contributed by atoms with Crippen LogP contribution in [0.25, 0.3) is 0 Å². The fourth-order valence-electron chi connectivity index (χ4n) is 1.92. The van der Waals surface area contributed by atoms with Gasteiger partial charge in [0, 0.05) is 38.2 Å². The van der Waals surface area contributed by atoms with Crippen molar-refractivity contribution < 1.29 is 19.7 Å². The molecule has 18 heavy (non-hydrogen) atoms. The molecule has 1 amide bonds. The van der Waals surface area contributed by atoms with Gasteiger partial charge in [0.05, 0.1) is 5.60 Å². The molecule has 98 valence electrons. The highest BCUT2D eigenvalue weighted by molar-refractivity contribution is 5.94. The van der Waals surface area contributed by atoms with Crippen LogP contribution in [-0.4, -0.2) is 41.5 Å². The summed E-state index contributed by atoms with van der Waals surface area (Å²) in [5, 5.41) is 22.1. The van der Waals surface area contributed by atoms with E-state index in [0.29, 0.717) is 31.6 Å². The van der Waals surface area contributed by atoms with E-state index < -0.39 is 5.60 Å². The highest BCUT2D eigenvalue weighted by Gasteiger charge is 2.30. The van der Waals surface area contributed by atoms with E-state index in [0.717, 1.165) is 0 Å². The topological polar surface area (TPSA) is 78.8 Å². The average Bonchev–Trinajstić information content (AvgIpc) is 2.37. The van der Waals surface area contributed by atoms with Crippen molar-refractivity contribution in [2.24, 2.45) is 0 Å². The number of hydrogen-bond acceptors (Lipinski definition) is 4. The Morgan fingerprint density at radius 2 is 2.11 bits per heavy atom. The highest BCUT2D eigenvalue weighted by atomic mass is 16.5. The molecular weight excluding hydrogens is 234 g/mol. The van der Waals surface area contributed by atoms with E-state index in [-0.39, 0.29) is 18.2 Å². The molecule has 1 aromatic rings. The zero-order valence-electron chi connectivity index (χ0n) is 10.1. The molecule has 1 fully saturated rings. The Kier molecular flexibility index (Phi) is 3.84. The normalized spacial score (nSPS) is 18.3. The van der Waals surface area contributed by atoms with Crippen LogP contribution in [0.2, 0.25) is 0 Å². The maximum absolute atomic E-state index is 11.8. The average molecular weight is 251 g/mol. The number of nitrogens with one attached hydrogen (secondary N) is 1. The van der Waals surface area contributed by atoms with Crippen molar-refractivity contribution >= 4 is 5.91 Å². The second-order valence-electron chi connectivity index (χ2n) is 4.57. The van der Waals surface area contributed by atoms with Gasteiger partial charge in [0.1, 0.15) is 5.75 Å². The molecule has 1 aromatic carbocycles. The van der Waals surface area contributed by atoms with Crippen molar-refractivity contribution in [1.29, 1.82) is 0 Å². The number of aromatic hydroxyl groups is 1. The number of amides is 1. The van der Waals surface area contributed by atoms with E-state index in [1.165, 1.54) is 12.1 Å². The van der Waals surface area contributed by atoms with E-state index in [4.69, 9.17) is 4.74 Å². The lowest BCUT2D eigenvalue weighted by molar-refractivity contribution is -0.0605. The number of aliphatic hydroxyl groups is 1. The van der Waals surface area contributed by atoms with Gasteiger partial charge in [0.2, 0.25) is 0 Å². The van der Waals surface area contributed by atoms with Gasteiger partial charge < -0.3 is 20.3 Å². The molecule has 5 nitrogen and oxygen atoms in total. The Morgan fingerprint density at radius 3 is 2.78 bits per heavy atom. The van der Waals surface area contributed by atoms with Crippen molar-refractivity contribution in [3.63, 3.8) is 0 Å². The Hall–Kier alpha value is -1.59. The minimum absolute atomic E-state index is 0.0485. The van der Waals surface area contributed by atoms with E-state index in [9.17, 15) is 15.0 Å². The molecule has 1 aliphatic rings. The van der Waals surface area contributed by atoms with Crippen LogP contribution in [0, 0.1) is 0 Å². The molecular formula is C13H17NO4. The number of rotatable bonds is 3. The predicted molar refractivity (Wildman–Crippen MR) is 65.4 cm³/mol. The fraction of sp³-hybridized carbons (Fsp3) is 0.462. The number of hydrogen-bond donors (Lipinski definition) is 3. The summed E-state index contributed by atoms with van der Waals surface area (Å²) in [4.78, 5) is 11.8. The molecule has 0 aliphatic carbocycles.